The maximum atomic E-state index is 7.34. The van der Waals surface area contributed by atoms with E-state index in [1.165, 1.54) is 68.0 Å². The van der Waals surface area contributed by atoms with Crippen molar-refractivity contribution in [2.24, 2.45) is 23.2 Å². The van der Waals surface area contributed by atoms with Crippen LogP contribution in [0.25, 0.3) is 27.5 Å². The molecule has 4 aromatic rings. The normalized spacial score (nSPS) is 30.6. The van der Waals surface area contributed by atoms with Crippen LogP contribution in [0.4, 0.5) is 0 Å². The molecule has 0 amide bonds. The molecule has 3 aliphatic heterocycles. The number of nitrogens with one attached hydrogen (secondary N) is 1. The number of benzene rings is 3. The number of rotatable bonds is 3. The molecule has 0 saturated carbocycles. The number of para-hydroxylation sites is 2. The van der Waals surface area contributed by atoms with Crippen molar-refractivity contribution in [1.29, 1.82) is 0 Å². The zero-order valence-electron chi connectivity index (χ0n) is 29.1. The number of ether oxygens (including phenoxy) is 2. The fraction of sp³-hybridized carbons (Fsp3) is 0.319. The van der Waals surface area contributed by atoms with E-state index in [0.717, 1.165) is 51.5 Å². The van der Waals surface area contributed by atoms with Crippen LogP contribution in [-0.4, -0.2) is 17.2 Å². The summed E-state index contributed by atoms with van der Waals surface area (Å²) in [5.41, 5.74) is 9.40. The summed E-state index contributed by atoms with van der Waals surface area (Å²) in [4.78, 5) is 0. The molecule has 4 heterocycles. The molecule has 6 atom stereocenters. The maximum absolute atomic E-state index is 7.34. The summed E-state index contributed by atoms with van der Waals surface area (Å²) in [5, 5.41) is 6.40. The molecular weight excluding hydrogens is 625 g/mol. The van der Waals surface area contributed by atoms with Crippen LogP contribution in [-0.2, 0) is 9.47 Å². The Morgan fingerprint density at radius 2 is 1.67 bits per heavy atom. The monoisotopic (exact) mass is 668 g/mol. The second kappa shape index (κ2) is 11.5. The predicted molar refractivity (Wildman–Crippen MR) is 205 cm³/mol. The SMILES string of the molecule is C1=CC2OC3=CCCCC3C3(C4=C(CC(C5=CCCN5)C=C4)OC4=C3CCC(c3cccc5c3c3ccccc3n5-c3ccccc3)C4)C2C=C1. The molecule has 1 saturated heterocycles. The molecule has 1 N–H and O–H groups in total. The van der Waals surface area contributed by atoms with Crippen LogP contribution in [0.15, 0.2) is 156 Å². The van der Waals surface area contributed by atoms with Crippen LogP contribution in [0.1, 0.15) is 62.8 Å². The predicted octanol–water partition coefficient (Wildman–Crippen LogP) is 10.9. The Balaban J connectivity index is 1.07. The minimum absolute atomic E-state index is 0.0390. The van der Waals surface area contributed by atoms with Gasteiger partial charge < -0.3 is 19.4 Å². The van der Waals surface area contributed by atoms with Crippen molar-refractivity contribution in [2.75, 3.05) is 6.54 Å². The molecule has 7 aliphatic rings. The van der Waals surface area contributed by atoms with E-state index in [0.29, 0.717) is 17.8 Å². The molecule has 0 radical (unpaired) electrons. The highest BCUT2D eigenvalue weighted by molar-refractivity contribution is 6.11. The van der Waals surface area contributed by atoms with E-state index in [1.54, 1.807) is 5.57 Å². The van der Waals surface area contributed by atoms with Crippen molar-refractivity contribution in [1.82, 2.24) is 9.88 Å². The Bertz CT molecular complexity index is 2310. The van der Waals surface area contributed by atoms with Crippen molar-refractivity contribution in [3.8, 4) is 5.69 Å². The average Bonchev–Trinajstić information content (AvgIpc) is 3.85. The van der Waals surface area contributed by atoms with E-state index in [1.807, 2.05) is 0 Å². The Hall–Kier alpha value is -4.96. The zero-order valence-corrected chi connectivity index (χ0v) is 29.1. The van der Waals surface area contributed by atoms with E-state index in [9.17, 15) is 0 Å². The van der Waals surface area contributed by atoms with Gasteiger partial charge in [-0.1, -0.05) is 85.0 Å². The molecule has 1 spiro atoms. The molecule has 1 aromatic heterocycles. The van der Waals surface area contributed by atoms with Gasteiger partial charge in [-0.15, -0.1) is 0 Å². The molecule has 254 valence electrons. The number of aromatic nitrogens is 1. The van der Waals surface area contributed by atoms with Gasteiger partial charge in [-0.2, -0.15) is 0 Å². The molecule has 3 aromatic carbocycles. The van der Waals surface area contributed by atoms with Crippen molar-refractivity contribution in [3.05, 3.63) is 161 Å². The minimum Gasteiger partial charge on any atom is -0.490 e. The molecule has 1 fully saturated rings. The van der Waals surface area contributed by atoms with E-state index >= 15 is 0 Å². The molecule has 51 heavy (non-hydrogen) atoms. The second-order valence-electron chi connectivity index (χ2n) is 15.6. The molecule has 6 unspecified atom stereocenters. The van der Waals surface area contributed by atoms with Gasteiger partial charge in [0, 0.05) is 70.3 Å². The zero-order chi connectivity index (χ0) is 33.5. The van der Waals surface area contributed by atoms with Gasteiger partial charge in [-0.05, 0) is 92.0 Å². The first kappa shape index (κ1) is 29.7. The summed E-state index contributed by atoms with van der Waals surface area (Å²) in [6.45, 7) is 1.04. The van der Waals surface area contributed by atoms with Crippen molar-refractivity contribution >= 4 is 21.8 Å². The summed E-state index contributed by atoms with van der Waals surface area (Å²) in [6, 6.07) is 26.8. The van der Waals surface area contributed by atoms with Crippen LogP contribution >= 0.6 is 0 Å². The van der Waals surface area contributed by atoms with Crippen LogP contribution in [0.3, 0.4) is 0 Å². The van der Waals surface area contributed by atoms with Crippen LogP contribution in [0, 0.1) is 23.2 Å². The summed E-state index contributed by atoms with van der Waals surface area (Å²) >= 11 is 0. The maximum Gasteiger partial charge on any atom is 0.124 e. The number of nitrogens with zero attached hydrogens (tertiary/aromatic N) is 1. The van der Waals surface area contributed by atoms with Gasteiger partial charge >= 0.3 is 0 Å². The van der Waals surface area contributed by atoms with Crippen molar-refractivity contribution in [2.45, 2.75) is 63.4 Å². The number of fused-ring (bicyclic) bond motifs is 9. The topological polar surface area (TPSA) is 35.4 Å². The fourth-order valence-electron chi connectivity index (χ4n) is 11.1. The minimum atomic E-state index is -0.154. The Labute approximate surface area is 300 Å². The quantitative estimate of drug-likeness (QED) is 0.236. The second-order valence-corrected chi connectivity index (χ2v) is 15.6. The summed E-state index contributed by atoms with van der Waals surface area (Å²) < 4.78 is 16.7. The summed E-state index contributed by atoms with van der Waals surface area (Å²) in [7, 11) is 0. The van der Waals surface area contributed by atoms with Gasteiger partial charge in [0.25, 0.3) is 0 Å². The van der Waals surface area contributed by atoms with E-state index in [2.05, 4.69) is 131 Å². The van der Waals surface area contributed by atoms with Gasteiger partial charge in [0.2, 0.25) is 0 Å². The first-order valence-corrected chi connectivity index (χ1v) is 19.3. The Kier molecular flexibility index (Phi) is 6.72. The Morgan fingerprint density at radius 1 is 0.784 bits per heavy atom. The van der Waals surface area contributed by atoms with Crippen LogP contribution in [0.2, 0.25) is 0 Å². The number of allylic oxidation sites excluding steroid dienone is 10. The highest BCUT2D eigenvalue weighted by atomic mass is 16.5. The third-order valence-electron chi connectivity index (χ3n) is 13.1. The van der Waals surface area contributed by atoms with Gasteiger partial charge in [0.15, 0.2) is 0 Å². The molecule has 11 rings (SSSR count). The summed E-state index contributed by atoms with van der Waals surface area (Å²) in [5.74, 6) is 4.94. The van der Waals surface area contributed by atoms with Crippen LogP contribution < -0.4 is 5.32 Å². The number of hydrogen-bond donors (Lipinski definition) is 1. The standard InChI is InChI=1S/C47H44N2O2/c1-2-12-32(13-3-1)49-40-19-7-4-14-34(40)46-33(15-10-20-41(46)49)30-23-25-37-44(28-30)51-45-29-31(39-18-11-27-48-39)24-26-38(45)47(37)35-16-5-8-21-42(35)50-43-22-9-6-17-36(43)47/h1-5,7-8,10,12-16,18-22,24,26,30-31,35-36,42,48H,6,9,11,17,23,25,27-29H2. The summed E-state index contributed by atoms with van der Waals surface area (Å²) in [6.07, 6.45) is 27.7. The van der Waals surface area contributed by atoms with Gasteiger partial charge in [0.05, 0.1) is 16.8 Å². The van der Waals surface area contributed by atoms with E-state index in [-0.39, 0.29) is 17.4 Å². The Morgan fingerprint density at radius 3 is 2.59 bits per heavy atom. The number of hydrogen-bond acceptors (Lipinski definition) is 3. The van der Waals surface area contributed by atoms with Crippen molar-refractivity contribution < 1.29 is 9.47 Å². The molecule has 4 nitrogen and oxygen atoms in total. The van der Waals surface area contributed by atoms with Gasteiger partial charge in [-0.25, -0.2) is 0 Å². The lowest BCUT2D eigenvalue weighted by atomic mass is 9.49. The first-order chi connectivity index (χ1) is 25.3. The first-order valence-electron chi connectivity index (χ1n) is 19.3. The fourth-order valence-corrected chi connectivity index (χ4v) is 11.1. The molecule has 4 heteroatoms. The smallest absolute Gasteiger partial charge is 0.124 e. The van der Waals surface area contributed by atoms with Crippen molar-refractivity contribution in [3.63, 3.8) is 0 Å². The lowest BCUT2D eigenvalue weighted by molar-refractivity contribution is -0.0404. The largest absolute Gasteiger partial charge is 0.490 e. The molecule has 4 aliphatic carbocycles. The molecule has 0 bridgehead atoms. The van der Waals surface area contributed by atoms with E-state index < -0.39 is 0 Å². The van der Waals surface area contributed by atoms with Gasteiger partial charge in [0.1, 0.15) is 17.6 Å². The highest BCUT2D eigenvalue weighted by Gasteiger charge is 2.61. The molecular formula is C47H44N2O2. The average molecular weight is 669 g/mol. The third kappa shape index (κ3) is 4.32. The van der Waals surface area contributed by atoms with Gasteiger partial charge in [-0.3, -0.25) is 0 Å². The highest BCUT2D eigenvalue weighted by Crippen LogP contribution is 2.66. The van der Waals surface area contributed by atoms with E-state index in [4.69, 9.17) is 9.47 Å². The third-order valence-corrected chi connectivity index (χ3v) is 13.1. The lowest BCUT2D eigenvalue weighted by Gasteiger charge is -2.58. The lowest BCUT2D eigenvalue weighted by Crippen LogP contribution is -2.54. The van der Waals surface area contributed by atoms with Crippen LogP contribution in [0.5, 0.6) is 0 Å².